The van der Waals surface area contributed by atoms with Crippen molar-refractivity contribution in [3.8, 4) is 0 Å². The number of nitrogens with one attached hydrogen (secondary N) is 1. The van der Waals surface area contributed by atoms with Crippen molar-refractivity contribution in [2.75, 3.05) is 19.5 Å². The van der Waals surface area contributed by atoms with Crippen LogP contribution in [0.4, 0.5) is 0 Å². The zero-order valence-electron chi connectivity index (χ0n) is 5.55. The smallest absolute Gasteiger partial charge is 0.238 e. The fourth-order valence-corrected chi connectivity index (χ4v) is 0.999. The Labute approximate surface area is 66.9 Å². The Kier molecular flexibility index (Phi) is 8.66. The number of hydrogen-bond donors (Lipinski definition) is 2. The summed E-state index contributed by atoms with van der Waals surface area (Å²) in [4.78, 5) is 10.4. The first kappa shape index (κ1) is 12.1. The maximum atomic E-state index is 10.4. The predicted molar refractivity (Wildman–Crippen MR) is 46.3 cm³/mol. The quantitative estimate of drug-likeness (QED) is 0.301. The molecule has 0 aromatic rings. The third-order valence-electron chi connectivity index (χ3n) is 0.621. The zero-order chi connectivity index (χ0) is 6.57. The fourth-order valence-electron chi connectivity index (χ4n) is 0.333. The van der Waals surface area contributed by atoms with Crippen LogP contribution in [0.2, 0.25) is 0 Å². The normalized spacial score (nSPS) is 8.44. The highest BCUT2D eigenvalue weighted by atomic mass is 79.9. The number of hydrazine groups is 1. The Hall–Kier alpha value is 0.340. The number of carbonyl (C=O) groups is 1. The number of rotatable bonds is 2. The second-order valence-corrected chi connectivity index (χ2v) is 4.28. The van der Waals surface area contributed by atoms with E-state index in [1.807, 2.05) is 13.3 Å². The number of carbonyl (C=O) groups excluding carboxylic acids is 1. The Morgan fingerprint density at radius 1 is 1.67 bits per heavy atom. The summed E-state index contributed by atoms with van der Waals surface area (Å²) < 4.78 is 0. The molecule has 0 bridgehead atoms. The van der Waals surface area contributed by atoms with Gasteiger partial charge in [0.2, 0.25) is 5.91 Å². The lowest BCUT2D eigenvalue weighted by molar-refractivity contribution is -0.118. The molecule has 0 saturated carbocycles. The molecule has 0 aromatic heterocycles. The molecule has 3 nitrogen and oxygen atoms in total. The number of hydrogen-bond acceptors (Lipinski definition) is 2. The van der Waals surface area contributed by atoms with Crippen molar-refractivity contribution in [2.24, 2.45) is 5.84 Å². The van der Waals surface area contributed by atoms with Crippen molar-refractivity contribution in [2.45, 2.75) is 0 Å². The summed E-state index contributed by atoms with van der Waals surface area (Å²) in [5.74, 6) is 4.76. The van der Waals surface area contributed by atoms with Crippen LogP contribution >= 0.6 is 24.9 Å². The minimum Gasteiger partial charge on any atom is -0.294 e. The van der Waals surface area contributed by atoms with Crippen molar-refractivity contribution in [1.82, 2.24) is 5.43 Å². The third kappa shape index (κ3) is 8.34. The molecule has 1 amide bonds. The summed E-state index contributed by atoms with van der Waals surface area (Å²) in [6.45, 7) is 4.06. The van der Waals surface area contributed by atoms with Crippen LogP contribution in [0.1, 0.15) is 0 Å². The molecule has 0 saturated heterocycles. The first-order chi connectivity index (χ1) is 3.66. The van der Waals surface area contributed by atoms with Gasteiger partial charge in [-0.3, -0.25) is 10.2 Å². The van der Waals surface area contributed by atoms with Gasteiger partial charge in [0.1, 0.15) is 0 Å². The van der Waals surface area contributed by atoms with E-state index in [0.717, 1.165) is 0 Å². The van der Waals surface area contributed by atoms with Gasteiger partial charge < -0.3 is 0 Å². The van der Waals surface area contributed by atoms with Gasteiger partial charge in [0, 0.05) is 6.16 Å². The standard InChI is InChI=1S/C4H11N2OP.BrH/c1-8(2)3-4(7)6-5;/h3,5H2,1-2H3,(H,6,7);1H. The van der Waals surface area contributed by atoms with E-state index < -0.39 is 0 Å². The lowest BCUT2D eigenvalue weighted by Gasteiger charge is -2.01. The summed E-state index contributed by atoms with van der Waals surface area (Å²) in [5.41, 5.74) is 2.07. The van der Waals surface area contributed by atoms with Crippen molar-refractivity contribution >= 4 is 30.8 Å². The topological polar surface area (TPSA) is 55.1 Å². The molecule has 56 valence electrons. The molecule has 0 aliphatic rings. The first-order valence-corrected chi connectivity index (χ1v) is 4.73. The van der Waals surface area contributed by atoms with Crippen molar-refractivity contribution in [1.29, 1.82) is 0 Å². The second-order valence-electron chi connectivity index (χ2n) is 1.81. The Balaban J connectivity index is 0. The summed E-state index contributed by atoms with van der Waals surface area (Å²) in [6.07, 6.45) is 0.575. The van der Waals surface area contributed by atoms with Gasteiger partial charge in [-0.2, -0.15) is 0 Å². The van der Waals surface area contributed by atoms with E-state index in [2.05, 4.69) is 5.43 Å². The van der Waals surface area contributed by atoms with Crippen LogP contribution in [0, 0.1) is 0 Å². The van der Waals surface area contributed by atoms with Gasteiger partial charge in [-0.05, 0) is 13.3 Å². The maximum Gasteiger partial charge on any atom is 0.238 e. The second kappa shape index (κ2) is 6.46. The fraction of sp³-hybridized carbons (Fsp3) is 0.750. The SMILES string of the molecule is Br.CP(C)CC(=O)NN. The van der Waals surface area contributed by atoms with Gasteiger partial charge in [-0.1, -0.05) is 0 Å². The van der Waals surface area contributed by atoms with Gasteiger partial charge in [0.05, 0.1) is 0 Å². The number of amides is 1. The van der Waals surface area contributed by atoms with Crippen LogP contribution in [-0.2, 0) is 4.79 Å². The molecule has 0 radical (unpaired) electrons. The molecule has 9 heavy (non-hydrogen) atoms. The molecular formula is C4H12BrN2OP. The molecule has 0 spiro atoms. The molecule has 0 aliphatic heterocycles. The highest BCUT2D eigenvalue weighted by Crippen LogP contribution is 2.22. The summed E-state index contributed by atoms with van der Waals surface area (Å²) in [7, 11) is -0.138. The van der Waals surface area contributed by atoms with Crippen molar-refractivity contribution in [3.05, 3.63) is 0 Å². The highest BCUT2D eigenvalue weighted by Gasteiger charge is 1.99. The van der Waals surface area contributed by atoms with Crippen LogP contribution in [0.25, 0.3) is 0 Å². The Morgan fingerprint density at radius 3 is 2.22 bits per heavy atom. The van der Waals surface area contributed by atoms with E-state index in [1.165, 1.54) is 0 Å². The maximum absolute atomic E-state index is 10.4. The van der Waals surface area contributed by atoms with Crippen LogP contribution in [0.15, 0.2) is 0 Å². The van der Waals surface area contributed by atoms with Crippen molar-refractivity contribution in [3.63, 3.8) is 0 Å². The summed E-state index contributed by atoms with van der Waals surface area (Å²) >= 11 is 0. The average Bonchev–Trinajstić information content (AvgIpc) is 1.65. The van der Waals surface area contributed by atoms with Gasteiger partial charge in [-0.25, -0.2) is 5.84 Å². The third-order valence-corrected chi connectivity index (χ3v) is 1.54. The number of nitrogens with two attached hydrogens (primary N) is 1. The molecule has 0 aromatic carbocycles. The van der Waals surface area contributed by atoms with E-state index in [9.17, 15) is 4.79 Å². The molecule has 0 heterocycles. The molecular weight excluding hydrogens is 203 g/mol. The van der Waals surface area contributed by atoms with E-state index in [0.29, 0.717) is 6.16 Å². The minimum absolute atomic E-state index is 0. The van der Waals surface area contributed by atoms with Gasteiger partial charge >= 0.3 is 0 Å². The summed E-state index contributed by atoms with van der Waals surface area (Å²) in [5, 5.41) is 0. The largest absolute Gasteiger partial charge is 0.294 e. The van der Waals surface area contributed by atoms with Gasteiger partial charge in [0.25, 0.3) is 0 Å². The lowest BCUT2D eigenvalue weighted by Crippen LogP contribution is -2.31. The molecule has 0 aliphatic carbocycles. The average molecular weight is 215 g/mol. The Morgan fingerprint density at radius 2 is 2.11 bits per heavy atom. The lowest BCUT2D eigenvalue weighted by atomic mass is 10.7. The van der Waals surface area contributed by atoms with Crippen molar-refractivity contribution < 1.29 is 4.79 Å². The zero-order valence-corrected chi connectivity index (χ0v) is 8.16. The Bertz CT molecular complexity index is 88.6. The minimum atomic E-state index is -0.138. The molecule has 0 unspecified atom stereocenters. The van der Waals surface area contributed by atoms with E-state index in [4.69, 9.17) is 5.84 Å². The van der Waals surface area contributed by atoms with E-state index in [1.54, 1.807) is 0 Å². The van der Waals surface area contributed by atoms with Gasteiger partial charge in [-0.15, -0.1) is 24.9 Å². The van der Waals surface area contributed by atoms with Crippen LogP contribution < -0.4 is 11.3 Å². The van der Waals surface area contributed by atoms with E-state index in [-0.39, 0.29) is 30.8 Å². The molecule has 0 rings (SSSR count). The van der Waals surface area contributed by atoms with Gasteiger partial charge in [0.15, 0.2) is 0 Å². The van der Waals surface area contributed by atoms with Crippen LogP contribution in [0.3, 0.4) is 0 Å². The molecule has 3 N–H and O–H groups in total. The summed E-state index contributed by atoms with van der Waals surface area (Å²) in [6, 6.07) is 0. The first-order valence-electron chi connectivity index (χ1n) is 2.31. The number of halogens is 1. The highest BCUT2D eigenvalue weighted by molar-refractivity contribution is 8.93. The molecule has 5 heteroatoms. The van der Waals surface area contributed by atoms with Crippen LogP contribution in [-0.4, -0.2) is 25.4 Å². The van der Waals surface area contributed by atoms with E-state index >= 15 is 0 Å². The predicted octanol–water partition coefficient (Wildman–Crippen LogP) is 0.296. The molecule has 0 fully saturated rings. The van der Waals surface area contributed by atoms with Crippen LogP contribution in [0.5, 0.6) is 0 Å². The monoisotopic (exact) mass is 214 g/mol. The molecule has 0 atom stereocenters.